The second kappa shape index (κ2) is 9.18. The van der Waals surface area contributed by atoms with E-state index in [0.29, 0.717) is 17.3 Å². The first kappa shape index (κ1) is 23.3. The van der Waals surface area contributed by atoms with Crippen LogP contribution in [0.3, 0.4) is 0 Å². The number of aromatic nitrogens is 2. The molecule has 0 bridgehead atoms. The van der Waals surface area contributed by atoms with E-state index >= 15 is 0 Å². The van der Waals surface area contributed by atoms with Crippen molar-refractivity contribution < 1.29 is 23.2 Å². The number of H-pyrrole nitrogens is 1. The lowest BCUT2D eigenvalue weighted by molar-refractivity contribution is -0.134. The van der Waals surface area contributed by atoms with E-state index in [1.54, 1.807) is 56.0 Å². The first-order chi connectivity index (χ1) is 15.7. The van der Waals surface area contributed by atoms with Crippen LogP contribution in [0.1, 0.15) is 13.8 Å². The molecule has 4 rings (SSSR count). The molecule has 1 amide bonds. The van der Waals surface area contributed by atoms with Gasteiger partial charge in [0.05, 0.1) is 4.90 Å². The minimum absolute atomic E-state index is 0.0430. The number of aromatic amines is 1. The summed E-state index contributed by atoms with van der Waals surface area (Å²) in [7, 11) is -3.98. The normalized spacial score (nSPS) is 18.6. The summed E-state index contributed by atoms with van der Waals surface area (Å²) in [6.07, 6.45) is 3.43. The van der Waals surface area contributed by atoms with Crippen LogP contribution in [0.2, 0.25) is 0 Å². The second-order valence-electron chi connectivity index (χ2n) is 7.98. The summed E-state index contributed by atoms with van der Waals surface area (Å²) < 4.78 is 32.9. The van der Waals surface area contributed by atoms with E-state index in [-0.39, 0.29) is 11.4 Å². The molecule has 33 heavy (non-hydrogen) atoms. The van der Waals surface area contributed by atoms with Crippen molar-refractivity contribution in [3.63, 3.8) is 0 Å². The highest BCUT2D eigenvalue weighted by Crippen LogP contribution is 2.38. The summed E-state index contributed by atoms with van der Waals surface area (Å²) in [5.74, 6) is 1.60. The number of imidazole rings is 1. The highest BCUT2D eigenvalue weighted by molar-refractivity contribution is 8.00. The van der Waals surface area contributed by atoms with E-state index in [4.69, 9.17) is 9.94 Å². The van der Waals surface area contributed by atoms with Gasteiger partial charge in [0.2, 0.25) is 10.0 Å². The predicted octanol–water partition coefficient (Wildman–Crippen LogP) is 3.26. The predicted molar refractivity (Wildman–Crippen MR) is 125 cm³/mol. The number of carbonyl (C=O) groups is 1. The van der Waals surface area contributed by atoms with Gasteiger partial charge in [-0.1, -0.05) is 0 Å². The number of nitrogens with one attached hydrogen (secondary N) is 2. The Morgan fingerprint density at radius 3 is 2.39 bits per heavy atom. The molecule has 3 N–H and O–H groups in total. The fourth-order valence-electron chi connectivity index (χ4n) is 3.78. The van der Waals surface area contributed by atoms with E-state index in [2.05, 4.69) is 9.97 Å². The molecule has 0 unspecified atom stereocenters. The van der Waals surface area contributed by atoms with Crippen molar-refractivity contribution in [2.75, 3.05) is 12.3 Å². The van der Waals surface area contributed by atoms with Crippen molar-refractivity contribution in [3.8, 4) is 22.9 Å². The summed E-state index contributed by atoms with van der Waals surface area (Å²) in [5.41, 5.74) is 2.52. The van der Waals surface area contributed by atoms with Crippen molar-refractivity contribution in [1.29, 1.82) is 0 Å². The van der Waals surface area contributed by atoms with Gasteiger partial charge in [-0.15, -0.1) is 0 Å². The van der Waals surface area contributed by atoms with E-state index in [0.717, 1.165) is 15.7 Å². The number of hydrogen-bond acceptors (Lipinski definition) is 7. The monoisotopic (exact) mass is 488 g/mol. The Morgan fingerprint density at radius 1 is 1.18 bits per heavy atom. The smallest absolute Gasteiger partial charge is 0.263 e. The van der Waals surface area contributed by atoms with Gasteiger partial charge in [-0.25, -0.2) is 18.9 Å². The number of ether oxygens (including phenoxy) is 1. The van der Waals surface area contributed by atoms with Gasteiger partial charge < -0.3 is 9.72 Å². The molecule has 1 aromatic heterocycles. The molecule has 2 aromatic carbocycles. The molecule has 9 nitrogen and oxygen atoms in total. The number of benzene rings is 2. The Labute approximate surface area is 196 Å². The van der Waals surface area contributed by atoms with Gasteiger partial charge in [0.25, 0.3) is 5.91 Å². The Kier molecular flexibility index (Phi) is 6.48. The molecule has 1 saturated heterocycles. The minimum Gasteiger partial charge on any atom is -0.457 e. The maximum atomic E-state index is 13.3. The summed E-state index contributed by atoms with van der Waals surface area (Å²) in [6, 6.07) is 12.3. The van der Waals surface area contributed by atoms with Gasteiger partial charge in [0, 0.05) is 35.0 Å². The molecule has 1 atom stereocenters. The number of rotatable bonds is 6. The third-order valence-corrected chi connectivity index (χ3v) is 8.62. The molecular weight excluding hydrogens is 464 g/mol. The number of hydroxylamine groups is 1. The third-order valence-electron chi connectivity index (χ3n) is 5.38. The number of carbonyl (C=O) groups excluding carboxylic acids is 1. The highest BCUT2D eigenvalue weighted by Gasteiger charge is 2.48. The second-order valence-corrected chi connectivity index (χ2v) is 11.6. The molecule has 0 radical (unpaired) electrons. The average molecular weight is 489 g/mol. The van der Waals surface area contributed by atoms with Crippen molar-refractivity contribution >= 4 is 27.7 Å². The Bertz CT molecular complexity index is 1210. The highest BCUT2D eigenvalue weighted by atomic mass is 32.2. The Morgan fingerprint density at radius 2 is 1.82 bits per heavy atom. The molecule has 3 aromatic rings. The van der Waals surface area contributed by atoms with Crippen LogP contribution in [-0.2, 0) is 14.8 Å². The van der Waals surface area contributed by atoms with Crippen molar-refractivity contribution in [3.05, 3.63) is 60.9 Å². The van der Waals surface area contributed by atoms with Crippen LogP contribution in [0, 0.1) is 0 Å². The topological polar surface area (TPSA) is 125 Å². The molecular formula is C22H24N4O5S2. The van der Waals surface area contributed by atoms with Crippen LogP contribution in [0.4, 0.5) is 0 Å². The first-order valence-electron chi connectivity index (χ1n) is 10.2. The van der Waals surface area contributed by atoms with Crippen LogP contribution in [0.15, 0.2) is 65.8 Å². The van der Waals surface area contributed by atoms with E-state index < -0.39 is 26.7 Å². The maximum absolute atomic E-state index is 13.3. The summed E-state index contributed by atoms with van der Waals surface area (Å²) in [6.45, 7) is 3.73. The molecule has 1 fully saturated rings. The molecule has 2 heterocycles. The van der Waals surface area contributed by atoms with Gasteiger partial charge >= 0.3 is 0 Å². The van der Waals surface area contributed by atoms with Gasteiger partial charge in [-0.3, -0.25) is 10.0 Å². The van der Waals surface area contributed by atoms with Gasteiger partial charge in [0.15, 0.2) is 0 Å². The zero-order valence-electron chi connectivity index (χ0n) is 18.1. The van der Waals surface area contributed by atoms with Crippen LogP contribution < -0.4 is 10.2 Å². The van der Waals surface area contributed by atoms with Crippen molar-refractivity contribution in [2.24, 2.45) is 0 Å². The van der Waals surface area contributed by atoms with Crippen LogP contribution in [0.25, 0.3) is 11.4 Å². The molecule has 1 aliphatic rings. The number of nitrogens with zero attached hydrogens (tertiary/aromatic N) is 2. The molecule has 11 heteroatoms. The number of amides is 1. The first-order valence-corrected chi connectivity index (χ1v) is 12.6. The molecule has 0 aliphatic carbocycles. The van der Waals surface area contributed by atoms with Crippen molar-refractivity contribution in [2.45, 2.75) is 29.5 Å². The largest absolute Gasteiger partial charge is 0.457 e. The fourth-order valence-corrected chi connectivity index (χ4v) is 6.88. The fraction of sp³-hybridized carbons (Fsp3) is 0.273. The van der Waals surface area contributed by atoms with Crippen LogP contribution in [-0.4, -0.2) is 56.9 Å². The minimum atomic E-state index is -3.98. The Balaban J connectivity index is 1.52. The molecule has 174 valence electrons. The molecule has 0 spiro atoms. The quantitative estimate of drug-likeness (QED) is 0.359. The van der Waals surface area contributed by atoms with Crippen LogP contribution in [0.5, 0.6) is 11.5 Å². The Hall–Kier alpha value is -2.86. The maximum Gasteiger partial charge on any atom is 0.263 e. The lowest BCUT2D eigenvalue weighted by Crippen LogP contribution is -2.61. The summed E-state index contributed by atoms with van der Waals surface area (Å²) >= 11 is 1.49. The molecule has 1 aliphatic heterocycles. The van der Waals surface area contributed by atoms with E-state index in [9.17, 15) is 13.2 Å². The van der Waals surface area contributed by atoms with Crippen LogP contribution >= 0.6 is 11.8 Å². The van der Waals surface area contributed by atoms with Crippen molar-refractivity contribution in [1.82, 2.24) is 19.8 Å². The standard InChI is InChI=1S/C22H24N4O5S2/c1-22(2)19(21(27)25-28)26(13-14-32-22)33(29,30)18-9-7-17(8-10-18)31-16-5-3-15(4-6-16)20-23-11-12-24-20/h3-12,19,28H,13-14H2,1-2H3,(H,23,24)(H,25,27)/t19-/m0/s1. The zero-order valence-corrected chi connectivity index (χ0v) is 19.7. The average Bonchev–Trinajstić information content (AvgIpc) is 3.34. The summed E-state index contributed by atoms with van der Waals surface area (Å²) in [5, 5.41) is 9.17. The van der Waals surface area contributed by atoms with Gasteiger partial charge in [-0.2, -0.15) is 16.1 Å². The SMILES string of the molecule is CC1(C)SCCN(S(=O)(=O)c2ccc(Oc3ccc(-c4ncc[nH]4)cc3)cc2)[C@H]1C(=O)NO. The number of thioether (sulfide) groups is 1. The zero-order chi connectivity index (χ0) is 23.6. The lowest BCUT2D eigenvalue weighted by atomic mass is 10.0. The van der Waals surface area contributed by atoms with E-state index in [1.165, 1.54) is 23.9 Å². The van der Waals surface area contributed by atoms with Gasteiger partial charge in [-0.05, 0) is 62.4 Å². The van der Waals surface area contributed by atoms with E-state index in [1.807, 2.05) is 12.1 Å². The third kappa shape index (κ3) is 4.76. The lowest BCUT2D eigenvalue weighted by Gasteiger charge is -2.43. The van der Waals surface area contributed by atoms with Gasteiger partial charge in [0.1, 0.15) is 23.4 Å². The molecule has 0 saturated carbocycles. The summed E-state index contributed by atoms with van der Waals surface area (Å²) in [4.78, 5) is 19.6. The number of sulfonamides is 1. The number of hydrogen-bond donors (Lipinski definition) is 3.